The van der Waals surface area contributed by atoms with E-state index in [1.165, 1.54) is 88.4 Å². The van der Waals surface area contributed by atoms with Crippen LogP contribution in [0.4, 0.5) is 0 Å². The van der Waals surface area contributed by atoms with Gasteiger partial charge >= 0.3 is 0 Å². The molecule has 192 valence electrons. The Morgan fingerprint density at radius 1 is 0.714 bits per heavy atom. The third kappa shape index (κ3) is 13.6. The molecule has 3 heteroatoms. The first-order chi connectivity index (χ1) is 17.2. The van der Waals surface area contributed by atoms with Crippen molar-refractivity contribution < 1.29 is 9.53 Å². The quantitative estimate of drug-likeness (QED) is 0.0792. The number of allylic oxidation sites excluding steroid dienone is 1. The van der Waals surface area contributed by atoms with E-state index in [1.54, 1.807) is 17.8 Å². The molecule has 0 aromatic heterocycles. The van der Waals surface area contributed by atoms with Crippen molar-refractivity contribution in [2.45, 2.75) is 102 Å². The molecule has 0 amide bonds. The summed E-state index contributed by atoms with van der Waals surface area (Å²) in [6, 6.07) is 15.7. The molecule has 0 N–H and O–H groups in total. The van der Waals surface area contributed by atoms with Crippen molar-refractivity contribution in [2.24, 2.45) is 0 Å². The maximum atomic E-state index is 12.4. The molecule has 0 saturated carbocycles. The van der Waals surface area contributed by atoms with Crippen molar-refractivity contribution in [1.82, 2.24) is 0 Å². The molecule has 2 aromatic rings. The van der Waals surface area contributed by atoms with E-state index in [4.69, 9.17) is 4.74 Å². The first kappa shape index (κ1) is 29.2. The Balaban J connectivity index is 1.49. The van der Waals surface area contributed by atoms with Crippen LogP contribution in [0.2, 0.25) is 0 Å². The van der Waals surface area contributed by atoms with Crippen LogP contribution in [0.3, 0.4) is 0 Å². The third-order valence-electron chi connectivity index (χ3n) is 6.45. The summed E-state index contributed by atoms with van der Waals surface area (Å²) in [4.78, 5) is 13.6. The van der Waals surface area contributed by atoms with Crippen molar-refractivity contribution in [3.8, 4) is 5.75 Å². The highest BCUT2D eigenvalue weighted by Crippen LogP contribution is 2.17. The first-order valence-electron chi connectivity index (χ1n) is 13.8. The lowest BCUT2D eigenvalue weighted by Gasteiger charge is -2.07. The summed E-state index contributed by atoms with van der Waals surface area (Å²) in [5, 5.41) is 0. The number of benzene rings is 2. The van der Waals surface area contributed by atoms with Gasteiger partial charge in [-0.25, -0.2) is 0 Å². The molecular formula is C32H46O2S. The van der Waals surface area contributed by atoms with Gasteiger partial charge < -0.3 is 4.74 Å². The zero-order valence-electron chi connectivity index (χ0n) is 22.1. The lowest BCUT2D eigenvalue weighted by atomic mass is 10.0. The summed E-state index contributed by atoms with van der Waals surface area (Å²) in [6.07, 6.45) is 24.6. The minimum atomic E-state index is 0.0115. The predicted molar refractivity (Wildman–Crippen MR) is 154 cm³/mol. The Kier molecular flexibility index (Phi) is 16.1. The highest BCUT2D eigenvalue weighted by Gasteiger charge is 2.03. The van der Waals surface area contributed by atoms with E-state index >= 15 is 0 Å². The van der Waals surface area contributed by atoms with Gasteiger partial charge in [0.05, 0.1) is 6.61 Å². The van der Waals surface area contributed by atoms with Gasteiger partial charge in [0.15, 0.2) is 5.78 Å². The number of carbonyl (C=O) groups is 1. The molecule has 0 saturated heterocycles. The summed E-state index contributed by atoms with van der Waals surface area (Å²) in [7, 11) is 0. The summed E-state index contributed by atoms with van der Waals surface area (Å²) in [5.41, 5.74) is 1.72. The summed E-state index contributed by atoms with van der Waals surface area (Å²) in [5.74, 6) is 0.852. The van der Waals surface area contributed by atoms with Crippen LogP contribution in [0.25, 0.3) is 6.08 Å². The molecule has 2 aromatic carbocycles. The van der Waals surface area contributed by atoms with Crippen LogP contribution in [-0.2, 0) is 0 Å². The van der Waals surface area contributed by atoms with Gasteiger partial charge in [-0.15, -0.1) is 11.8 Å². The second-order valence-corrected chi connectivity index (χ2v) is 10.3. The van der Waals surface area contributed by atoms with E-state index in [1.807, 2.05) is 42.5 Å². The number of hydrogen-bond acceptors (Lipinski definition) is 3. The van der Waals surface area contributed by atoms with Crippen LogP contribution in [-0.4, -0.2) is 18.6 Å². The van der Waals surface area contributed by atoms with Crippen molar-refractivity contribution in [2.75, 3.05) is 12.9 Å². The van der Waals surface area contributed by atoms with E-state index in [-0.39, 0.29) is 5.78 Å². The standard InChI is InChI=1S/C32H46O2S/c1-3-4-5-6-7-8-9-10-11-12-13-14-15-16-27-34-30-22-20-29(21-23-30)32(33)26-19-28-17-24-31(35-2)25-18-28/h17-26H,3-16,27H2,1-2H3. The van der Waals surface area contributed by atoms with Crippen molar-refractivity contribution in [3.63, 3.8) is 0 Å². The molecule has 0 fully saturated rings. The summed E-state index contributed by atoms with van der Waals surface area (Å²) >= 11 is 1.71. The van der Waals surface area contributed by atoms with E-state index in [0.29, 0.717) is 5.56 Å². The minimum Gasteiger partial charge on any atom is -0.494 e. The smallest absolute Gasteiger partial charge is 0.185 e. The van der Waals surface area contributed by atoms with Crippen molar-refractivity contribution in [1.29, 1.82) is 0 Å². The van der Waals surface area contributed by atoms with Gasteiger partial charge in [-0.2, -0.15) is 0 Å². The normalized spacial score (nSPS) is 11.3. The van der Waals surface area contributed by atoms with Gasteiger partial charge in [-0.1, -0.05) is 109 Å². The fourth-order valence-electron chi connectivity index (χ4n) is 4.19. The van der Waals surface area contributed by atoms with Gasteiger partial charge in [0.25, 0.3) is 0 Å². The maximum Gasteiger partial charge on any atom is 0.185 e. The maximum absolute atomic E-state index is 12.4. The van der Waals surface area contributed by atoms with Gasteiger partial charge in [0, 0.05) is 10.5 Å². The number of ketones is 1. The fraction of sp³-hybridized carbons (Fsp3) is 0.531. The van der Waals surface area contributed by atoms with Gasteiger partial charge in [-0.3, -0.25) is 4.79 Å². The largest absolute Gasteiger partial charge is 0.494 e. The Morgan fingerprint density at radius 2 is 1.23 bits per heavy atom. The molecule has 0 aliphatic rings. The zero-order chi connectivity index (χ0) is 25.0. The monoisotopic (exact) mass is 494 g/mol. The molecule has 0 aliphatic carbocycles. The number of thioether (sulfide) groups is 1. The third-order valence-corrected chi connectivity index (χ3v) is 7.19. The number of carbonyl (C=O) groups excluding carboxylic acids is 1. The van der Waals surface area contributed by atoms with Crippen LogP contribution in [0.15, 0.2) is 59.5 Å². The number of ether oxygens (including phenoxy) is 1. The van der Waals surface area contributed by atoms with Crippen LogP contribution in [0.1, 0.15) is 113 Å². The second-order valence-electron chi connectivity index (χ2n) is 9.44. The average Bonchev–Trinajstić information content (AvgIpc) is 2.90. The van der Waals surface area contributed by atoms with Crippen molar-refractivity contribution >= 4 is 23.6 Å². The highest BCUT2D eigenvalue weighted by atomic mass is 32.2. The molecule has 2 rings (SSSR count). The molecule has 2 nitrogen and oxygen atoms in total. The van der Waals surface area contributed by atoms with Crippen LogP contribution in [0.5, 0.6) is 5.75 Å². The molecule has 0 radical (unpaired) electrons. The molecule has 0 bridgehead atoms. The molecule has 0 heterocycles. The molecule has 0 unspecified atom stereocenters. The Bertz CT molecular complexity index is 824. The topological polar surface area (TPSA) is 26.3 Å². The first-order valence-corrected chi connectivity index (χ1v) is 15.0. The van der Waals surface area contributed by atoms with Gasteiger partial charge in [0.1, 0.15) is 5.75 Å². The van der Waals surface area contributed by atoms with E-state index in [0.717, 1.165) is 24.3 Å². The Hall–Kier alpha value is -2.00. The molecular weight excluding hydrogens is 448 g/mol. The van der Waals surface area contributed by atoms with E-state index < -0.39 is 0 Å². The van der Waals surface area contributed by atoms with Crippen molar-refractivity contribution in [3.05, 3.63) is 65.7 Å². The second kappa shape index (κ2) is 19.2. The highest BCUT2D eigenvalue weighted by molar-refractivity contribution is 7.98. The number of hydrogen-bond donors (Lipinski definition) is 0. The van der Waals surface area contributed by atoms with Crippen LogP contribution < -0.4 is 4.74 Å². The lowest BCUT2D eigenvalue weighted by Crippen LogP contribution is -1.99. The van der Waals surface area contributed by atoms with Crippen LogP contribution in [0, 0.1) is 0 Å². The average molecular weight is 495 g/mol. The number of rotatable bonds is 20. The molecule has 0 atom stereocenters. The van der Waals surface area contributed by atoms with Crippen LogP contribution >= 0.6 is 11.8 Å². The molecule has 0 spiro atoms. The zero-order valence-corrected chi connectivity index (χ0v) is 22.9. The summed E-state index contributed by atoms with van der Waals surface area (Å²) in [6.45, 7) is 3.03. The van der Waals surface area contributed by atoms with Gasteiger partial charge in [0.2, 0.25) is 0 Å². The van der Waals surface area contributed by atoms with E-state index in [2.05, 4.69) is 25.3 Å². The lowest BCUT2D eigenvalue weighted by molar-refractivity contribution is 0.104. The fourth-order valence-corrected chi connectivity index (χ4v) is 4.59. The molecule has 35 heavy (non-hydrogen) atoms. The Labute approximate surface area is 218 Å². The van der Waals surface area contributed by atoms with E-state index in [9.17, 15) is 4.79 Å². The Morgan fingerprint density at radius 3 is 1.74 bits per heavy atom. The van der Waals surface area contributed by atoms with Gasteiger partial charge in [-0.05, 0) is 60.7 Å². The minimum absolute atomic E-state index is 0.0115. The molecule has 0 aliphatic heterocycles. The number of unbranched alkanes of at least 4 members (excludes halogenated alkanes) is 13. The summed E-state index contributed by atoms with van der Waals surface area (Å²) < 4.78 is 5.87. The predicted octanol–water partition coefficient (Wildman–Crippen LogP) is 10.2. The SMILES string of the molecule is CCCCCCCCCCCCCCCCOc1ccc(C(=O)C=Cc2ccc(SC)cc2)cc1.